The second kappa shape index (κ2) is 6.55. The van der Waals surface area contributed by atoms with Crippen molar-refractivity contribution < 1.29 is 4.79 Å². The van der Waals surface area contributed by atoms with E-state index in [-0.39, 0.29) is 11.9 Å². The van der Waals surface area contributed by atoms with Gasteiger partial charge in [-0.05, 0) is 30.9 Å². The van der Waals surface area contributed by atoms with Crippen LogP contribution in [0.4, 0.5) is 0 Å². The molecular formula is C12H18N2OS. The van der Waals surface area contributed by atoms with Crippen molar-refractivity contribution in [2.75, 3.05) is 12.8 Å². The molecule has 1 atom stereocenters. The van der Waals surface area contributed by atoms with Gasteiger partial charge in [0.05, 0.1) is 6.04 Å². The minimum atomic E-state index is 0.00365. The fraction of sp³-hybridized carbons (Fsp3) is 0.417. The normalized spacial score (nSPS) is 12.2. The van der Waals surface area contributed by atoms with E-state index in [9.17, 15) is 4.79 Å². The molecule has 0 aromatic heterocycles. The van der Waals surface area contributed by atoms with E-state index in [0.717, 1.165) is 5.56 Å². The Bertz CT molecular complexity index is 337. The first-order valence-corrected chi connectivity index (χ1v) is 6.53. The van der Waals surface area contributed by atoms with Gasteiger partial charge in [-0.15, -0.1) is 11.8 Å². The van der Waals surface area contributed by atoms with Crippen molar-refractivity contribution in [3.05, 3.63) is 29.8 Å². The molecule has 3 nitrogen and oxygen atoms in total. The highest BCUT2D eigenvalue weighted by Crippen LogP contribution is 2.18. The molecule has 88 valence electrons. The number of nitrogens with two attached hydrogens (primary N) is 1. The van der Waals surface area contributed by atoms with Crippen molar-refractivity contribution in [1.82, 2.24) is 5.32 Å². The quantitative estimate of drug-likeness (QED) is 0.771. The number of nitrogens with one attached hydrogen (secondary N) is 1. The Labute approximate surface area is 101 Å². The summed E-state index contributed by atoms with van der Waals surface area (Å²) in [7, 11) is 0. The zero-order valence-corrected chi connectivity index (χ0v) is 10.5. The van der Waals surface area contributed by atoms with Crippen LogP contribution in [0.1, 0.15) is 24.9 Å². The second-order valence-electron chi connectivity index (χ2n) is 3.60. The van der Waals surface area contributed by atoms with Crippen LogP contribution in [-0.2, 0) is 4.79 Å². The highest BCUT2D eigenvalue weighted by molar-refractivity contribution is 7.98. The van der Waals surface area contributed by atoms with Gasteiger partial charge in [0.2, 0.25) is 5.91 Å². The van der Waals surface area contributed by atoms with Crippen molar-refractivity contribution >= 4 is 17.7 Å². The summed E-state index contributed by atoms with van der Waals surface area (Å²) in [4.78, 5) is 12.6. The molecule has 0 radical (unpaired) electrons. The van der Waals surface area contributed by atoms with Crippen LogP contribution in [0.2, 0.25) is 0 Å². The number of hydrogen-bond donors (Lipinski definition) is 2. The molecule has 1 rings (SSSR count). The predicted octanol–water partition coefficient (Wildman–Crippen LogP) is 1.93. The summed E-state index contributed by atoms with van der Waals surface area (Å²) >= 11 is 1.71. The Morgan fingerprint density at radius 1 is 1.44 bits per heavy atom. The molecule has 0 bridgehead atoms. The summed E-state index contributed by atoms with van der Waals surface area (Å²) < 4.78 is 0. The summed E-state index contributed by atoms with van der Waals surface area (Å²) in [6.07, 6.45) is 2.43. The maximum atomic E-state index is 11.4. The molecule has 1 unspecified atom stereocenters. The van der Waals surface area contributed by atoms with E-state index in [4.69, 9.17) is 5.73 Å². The number of amides is 1. The Kier molecular flexibility index (Phi) is 5.35. The summed E-state index contributed by atoms with van der Waals surface area (Å²) in [5.74, 6) is 0.00365. The Morgan fingerprint density at radius 3 is 2.56 bits per heavy atom. The average Bonchev–Trinajstić information content (AvgIpc) is 2.29. The number of thioether (sulfide) groups is 1. The number of hydrogen-bond acceptors (Lipinski definition) is 3. The van der Waals surface area contributed by atoms with E-state index < -0.39 is 0 Å². The Hall–Kier alpha value is -1.00. The maximum Gasteiger partial charge on any atom is 0.221 e. The van der Waals surface area contributed by atoms with Crippen LogP contribution in [-0.4, -0.2) is 18.7 Å². The summed E-state index contributed by atoms with van der Waals surface area (Å²) in [5.41, 5.74) is 6.43. The zero-order valence-electron chi connectivity index (χ0n) is 9.69. The molecule has 0 aliphatic carbocycles. The molecule has 0 saturated carbocycles. The molecule has 0 aliphatic rings. The van der Waals surface area contributed by atoms with Crippen LogP contribution in [0, 0.1) is 0 Å². The highest BCUT2D eigenvalue weighted by Gasteiger charge is 2.08. The van der Waals surface area contributed by atoms with Crippen molar-refractivity contribution in [2.24, 2.45) is 5.73 Å². The number of benzene rings is 1. The molecule has 0 fully saturated rings. The van der Waals surface area contributed by atoms with E-state index in [1.165, 1.54) is 4.90 Å². The molecule has 1 aromatic rings. The van der Waals surface area contributed by atoms with Gasteiger partial charge in [0.1, 0.15) is 0 Å². The molecule has 0 spiro atoms. The summed E-state index contributed by atoms with van der Waals surface area (Å²) in [6, 6.07) is 8.24. The number of carbonyl (C=O) groups excluding carboxylic acids is 1. The fourth-order valence-corrected chi connectivity index (χ4v) is 1.83. The fourth-order valence-electron chi connectivity index (χ4n) is 1.42. The largest absolute Gasteiger partial charge is 0.350 e. The van der Waals surface area contributed by atoms with E-state index in [2.05, 4.69) is 17.4 Å². The molecular weight excluding hydrogens is 220 g/mol. The third-order valence-electron chi connectivity index (χ3n) is 2.36. The van der Waals surface area contributed by atoms with E-state index >= 15 is 0 Å². The van der Waals surface area contributed by atoms with Crippen molar-refractivity contribution in [3.8, 4) is 0 Å². The van der Waals surface area contributed by atoms with Gasteiger partial charge in [-0.2, -0.15) is 0 Å². The summed E-state index contributed by atoms with van der Waals surface area (Å²) in [5, 5.41) is 2.91. The van der Waals surface area contributed by atoms with Crippen molar-refractivity contribution in [1.29, 1.82) is 0 Å². The molecule has 0 heterocycles. The van der Waals surface area contributed by atoms with Gasteiger partial charge < -0.3 is 11.1 Å². The van der Waals surface area contributed by atoms with Gasteiger partial charge in [-0.1, -0.05) is 12.1 Å². The smallest absolute Gasteiger partial charge is 0.221 e. The van der Waals surface area contributed by atoms with Crippen LogP contribution < -0.4 is 11.1 Å². The van der Waals surface area contributed by atoms with Gasteiger partial charge in [0.15, 0.2) is 0 Å². The van der Waals surface area contributed by atoms with Gasteiger partial charge >= 0.3 is 0 Å². The van der Waals surface area contributed by atoms with Crippen molar-refractivity contribution in [3.63, 3.8) is 0 Å². The molecule has 4 heteroatoms. The highest BCUT2D eigenvalue weighted by atomic mass is 32.2. The zero-order chi connectivity index (χ0) is 12.0. The molecule has 0 aliphatic heterocycles. The topological polar surface area (TPSA) is 55.1 Å². The van der Waals surface area contributed by atoms with Gasteiger partial charge in [0.25, 0.3) is 0 Å². The van der Waals surface area contributed by atoms with Gasteiger partial charge in [0, 0.05) is 17.9 Å². The average molecular weight is 238 g/mol. The molecule has 16 heavy (non-hydrogen) atoms. The molecule has 1 amide bonds. The molecule has 3 N–H and O–H groups in total. The van der Waals surface area contributed by atoms with Crippen LogP contribution in [0.3, 0.4) is 0 Å². The van der Waals surface area contributed by atoms with Crippen LogP contribution in [0.15, 0.2) is 29.2 Å². The third kappa shape index (κ3) is 3.87. The first-order chi connectivity index (χ1) is 7.67. The maximum absolute atomic E-state index is 11.4. The van der Waals surface area contributed by atoms with Gasteiger partial charge in [-0.3, -0.25) is 4.79 Å². The summed E-state index contributed by atoms with van der Waals surface area (Å²) in [6.45, 7) is 2.37. The lowest BCUT2D eigenvalue weighted by molar-refractivity contribution is -0.121. The number of carbonyl (C=O) groups is 1. The SMILES string of the molecule is CSc1ccc(C(C)NC(=O)CCN)cc1. The standard InChI is InChI=1S/C12H18N2OS/c1-9(14-12(15)7-8-13)10-3-5-11(16-2)6-4-10/h3-6,9H,7-8,13H2,1-2H3,(H,14,15). The van der Waals surface area contributed by atoms with Gasteiger partial charge in [-0.25, -0.2) is 0 Å². The predicted molar refractivity (Wildman–Crippen MR) is 68.5 cm³/mol. The lowest BCUT2D eigenvalue weighted by Gasteiger charge is -2.14. The van der Waals surface area contributed by atoms with E-state index in [0.29, 0.717) is 13.0 Å². The third-order valence-corrected chi connectivity index (χ3v) is 3.11. The van der Waals surface area contributed by atoms with E-state index in [1.54, 1.807) is 11.8 Å². The van der Waals surface area contributed by atoms with Crippen molar-refractivity contribution in [2.45, 2.75) is 24.3 Å². The van der Waals surface area contributed by atoms with Crippen LogP contribution in [0.25, 0.3) is 0 Å². The van der Waals surface area contributed by atoms with Crippen LogP contribution in [0.5, 0.6) is 0 Å². The minimum absolute atomic E-state index is 0.00365. The molecule has 1 aromatic carbocycles. The second-order valence-corrected chi connectivity index (χ2v) is 4.48. The van der Waals surface area contributed by atoms with E-state index in [1.807, 2.05) is 25.3 Å². The van der Waals surface area contributed by atoms with Crippen LogP contribution >= 0.6 is 11.8 Å². The lowest BCUT2D eigenvalue weighted by atomic mass is 10.1. The Balaban J connectivity index is 2.58. The first kappa shape index (κ1) is 13.1. The Morgan fingerprint density at radius 2 is 2.06 bits per heavy atom. The minimum Gasteiger partial charge on any atom is -0.350 e. The number of rotatable bonds is 5. The monoisotopic (exact) mass is 238 g/mol. The first-order valence-electron chi connectivity index (χ1n) is 5.30. The molecule has 0 saturated heterocycles. The lowest BCUT2D eigenvalue weighted by Crippen LogP contribution is -2.28.